The summed E-state index contributed by atoms with van der Waals surface area (Å²) in [5.41, 5.74) is 0. The van der Waals surface area contributed by atoms with E-state index in [9.17, 15) is 4.79 Å². The fourth-order valence-corrected chi connectivity index (χ4v) is 0.385. The summed E-state index contributed by atoms with van der Waals surface area (Å²) in [7, 11) is 4.00. The molecule has 0 aromatic rings. The minimum absolute atomic E-state index is 0.528. The number of hydrogen-bond acceptors (Lipinski definition) is 4. The second-order valence-corrected chi connectivity index (χ2v) is 18.6. The molecule has 0 aromatic carbocycles. The molecule has 0 atom stereocenters. The van der Waals surface area contributed by atoms with Crippen LogP contribution in [-0.4, -0.2) is 33.6 Å². The summed E-state index contributed by atoms with van der Waals surface area (Å²) in [5.74, 6) is -0.528. The van der Waals surface area contributed by atoms with Gasteiger partial charge in [0.05, 0.1) is 7.11 Å². The number of esters is 1. The number of rotatable bonds is 3. The Bertz CT molecular complexity index is 182. The molecule has 0 rings (SSSR count). The number of hydrogen-bond donors (Lipinski definition) is 0. The molecule has 0 radical (unpaired) electrons. The average Bonchev–Trinajstić information content (AvgIpc) is 2.01. The molecular formula is C5H10Cl5O4P. The van der Waals surface area contributed by atoms with Crippen LogP contribution in [0, 0.1) is 0 Å². The first-order chi connectivity index (χ1) is 6.49. The molecule has 0 aliphatic heterocycles. The fourth-order valence-electron chi connectivity index (χ4n) is 0.385. The van der Waals surface area contributed by atoms with E-state index >= 15 is 0 Å². The van der Waals surface area contributed by atoms with Crippen LogP contribution in [0.5, 0.6) is 0 Å². The van der Waals surface area contributed by atoms with E-state index in [1.807, 2.05) is 0 Å². The van der Waals surface area contributed by atoms with Gasteiger partial charge in [-0.1, -0.05) is 0 Å². The van der Waals surface area contributed by atoms with E-state index in [0.29, 0.717) is 0 Å². The van der Waals surface area contributed by atoms with Gasteiger partial charge in [0.2, 0.25) is 0 Å². The Morgan fingerprint density at radius 1 is 1.00 bits per heavy atom. The molecule has 0 aromatic heterocycles. The van der Waals surface area contributed by atoms with E-state index in [2.05, 4.69) is 14.2 Å². The minimum atomic E-state index is -3.69. The van der Waals surface area contributed by atoms with Crippen LogP contribution in [0.4, 0.5) is 0 Å². The van der Waals surface area contributed by atoms with Crippen LogP contribution in [0.2, 0.25) is 0 Å². The molecular weight excluding hydrogens is 332 g/mol. The number of carbonyl (C=O) groups excluding carboxylic acids is 1. The zero-order valence-electron chi connectivity index (χ0n) is 8.05. The van der Waals surface area contributed by atoms with Gasteiger partial charge in [0.25, 0.3) is 6.29 Å². The van der Waals surface area contributed by atoms with Crippen molar-refractivity contribution < 1.29 is 19.0 Å². The molecule has 0 spiro atoms. The van der Waals surface area contributed by atoms with Gasteiger partial charge in [0, 0.05) is 14.2 Å². The summed E-state index contributed by atoms with van der Waals surface area (Å²) in [6.45, 7) is 0. The van der Waals surface area contributed by atoms with Gasteiger partial charge < -0.3 is 14.2 Å². The van der Waals surface area contributed by atoms with Crippen LogP contribution < -0.4 is 0 Å². The number of methoxy groups -OCH3 is 3. The molecule has 94 valence electrons. The molecule has 0 saturated heterocycles. The van der Waals surface area contributed by atoms with Crippen molar-refractivity contribution >= 4 is 65.5 Å². The van der Waals surface area contributed by atoms with Gasteiger partial charge in [-0.25, -0.2) is 4.79 Å². The third kappa shape index (κ3) is 21.2. The molecule has 0 aliphatic rings. The first-order valence-electron chi connectivity index (χ1n) is 3.24. The van der Waals surface area contributed by atoms with Crippen LogP contribution in [0.1, 0.15) is 0 Å². The topological polar surface area (TPSA) is 44.8 Å². The molecule has 0 N–H and O–H groups in total. The quantitative estimate of drug-likeness (QED) is 0.440. The Hall–Kier alpha value is 1.27. The molecule has 15 heavy (non-hydrogen) atoms. The third-order valence-electron chi connectivity index (χ3n) is 0.822. The molecule has 4 nitrogen and oxygen atoms in total. The van der Waals surface area contributed by atoms with Gasteiger partial charge >= 0.3 is 65.5 Å². The maximum absolute atomic E-state index is 10.5. The van der Waals surface area contributed by atoms with Crippen molar-refractivity contribution in [2.45, 2.75) is 6.29 Å². The van der Waals surface area contributed by atoms with Crippen molar-refractivity contribution in [1.82, 2.24) is 0 Å². The molecule has 0 bridgehead atoms. The van der Waals surface area contributed by atoms with E-state index in [1.54, 1.807) is 0 Å². The van der Waals surface area contributed by atoms with Crippen molar-refractivity contribution in [3.63, 3.8) is 0 Å². The van der Waals surface area contributed by atoms with Crippen LogP contribution >= 0.6 is 59.6 Å². The SMILES string of the molecule is COC(=O)C(OC)OC.ClP(Cl)(Cl)(Cl)Cl. The van der Waals surface area contributed by atoms with Gasteiger partial charge in [-0.2, -0.15) is 0 Å². The number of carbonyl (C=O) groups is 1. The maximum atomic E-state index is 10.5. The van der Waals surface area contributed by atoms with E-state index in [-0.39, 0.29) is 0 Å². The molecule has 0 heterocycles. The Labute approximate surface area is 112 Å². The molecule has 0 saturated carbocycles. The summed E-state index contributed by atoms with van der Waals surface area (Å²) in [6.07, 6.45) is -0.894. The monoisotopic (exact) mass is 340 g/mol. The first-order valence-corrected chi connectivity index (χ1v) is 10.00. The molecule has 0 fully saturated rings. The summed E-state index contributed by atoms with van der Waals surface area (Å²) in [6, 6.07) is 0. The van der Waals surface area contributed by atoms with Crippen molar-refractivity contribution in [3.05, 3.63) is 0 Å². The first kappa shape index (κ1) is 18.6. The Morgan fingerprint density at radius 2 is 1.27 bits per heavy atom. The van der Waals surface area contributed by atoms with E-state index in [0.717, 1.165) is 0 Å². The standard InChI is InChI=1S/C5H10O4.Cl5P/c1-7-4(6)5(8-2)9-3;1-6(2,3,4)5/h5H,1-3H3;. The van der Waals surface area contributed by atoms with Crippen LogP contribution in [0.25, 0.3) is 0 Å². The molecule has 0 amide bonds. The predicted molar refractivity (Wildman–Crippen MR) is 66.0 cm³/mol. The van der Waals surface area contributed by atoms with E-state index in [4.69, 9.17) is 56.2 Å². The zero-order valence-corrected chi connectivity index (χ0v) is 12.7. The van der Waals surface area contributed by atoms with E-state index < -0.39 is 15.6 Å². The average molecular weight is 342 g/mol. The summed E-state index contributed by atoms with van der Waals surface area (Å²) >= 11 is 24.9. The van der Waals surface area contributed by atoms with Gasteiger partial charge in [0.15, 0.2) is 0 Å². The molecule has 0 aliphatic carbocycles. The Morgan fingerprint density at radius 3 is 1.33 bits per heavy atom. The van der Waals surface area contributed by atoms with Gasteiger partial charge in [-0.05, 0) is 0 Å². The number of ether oxygens (including phenoxy) is 3. The summed E-state index contributed by atoms with van der Waals surface area (Å²) in [4.78, 5) is 10.5. The van der Waals surface area contributed by atoms with Crippen molar-refractivity contribution in [1.29, 1.82) is 0 Å². The van der Waals surface area contributed by atoms with Crippen LogP contribution in [0.15, 0.2) is 0 Å². The van der Waals surface area contributed by atoms with Crippen molar-refractivity contribution in [3.8, 4) is 0 Å². The second kappa shape index (κ2) is 7.57. The summed E-state index contributed by atoms with van der Waals surface area (Å²) in [5, 5.41) is 0. The van der Waals surface area contributed by atoms with Crippen molar-refractivity contribution in [2.24, 2.45) is 0 Å². The normalized spacial score (nSPS) is 13.5. The van der Waals surface area contributed by atoms with Crippen molar-refractivity contribution in [2.75, 3.05) is 21.3 Å². The molecule has 10 heteroatoms. The van der Waals surface area contributed by atoms with Crippen LogP contribution in [0.3, 0.4) is 0 Å². The van der Waals surface area contributed by atoms with Gasteiger partial charge in [-0.3, -0.25) is 0 Å². The number of halogens is 5. The molecule has 0 unspecified atom stereocenters. The predicted octanol–water partition coefficient (Wildman–Crippen LogP) is 4.09. The second-order valence-electron chi connectivity index (χ2n) is 1.97. The third-order valence-corrected chi connectivity index (χ3v) is 0.822. The fraction of sp³-hybridized carbons (Fsp3) is 0.800. The zero-order chi connectivity index (χ0) is 12.7. The Kier molecular flexibility index (Phi) is 9.40. The van der Waals surface area contributed by atoms with Gasteiger partial charge in [-0.15, -0.1) is 0 Å². The Balaban J connectivity index is 0. The van der Waals surface area contributed by atoms with Gasteiger partial charge in [0.1, 0.15) is 0 Å². The van der Waals surface area contributed by atoms with Crippen LogP contribution in [-0.2, 0) is 19.0 Å². The van der Waals surface area contributed by atoms with E-state index in [1.165, 1.54) is 21.3 Å². The summed E-state index contributed by atoms with van der Waals surface area (Å²) < 4.78 is 9.73.